The Kier molecular flexibility index (Phi) is 6.20. The van der Waals surface area contributed by atoms with E-state index in [0.717, 1.165) is 0 Å². The zero-order valence-electron chi connectivity index (χ0n) is 11.3. The maximum atomic E-state index is 11.6. The van der Waals surface area contributed by atoms with Crippen LogP contribution in [0.3, 0.4) is 0 Å². The predicted molar refractivity (Wildman–Crippen MR) is 81.4 cm³/mol. The third-order valence-electron chi connectivity index (χ3n) is 2.55. The summed E-state index contributed by atoms with van der Waals surface area (Å²) in [4.78, 5) is 22.1. The van der Waals surface area contributed by atoms with Crippen molar-refractivity contribution in [3.8, 4) is 0 Å². The number of carboxylic acid groups (broad SMARTS) is 1. The molecule has 0 aromatic heterocycles. The van der Waals surface area contributed by atoms with Gasteiger partial charge in [-0.3, -0.25) is 9.59 Å². The van der Waals surface area contributed by atoms with E-state index in [1.54, 1.807) is 18.2 Å². The fourth-order valence-electron chi connectivity index (χ4n) is 1.51. The Morgan fingerprint density at radius 3 is 2.57 bits per heavy atom. The van der Waals surface area contributed by atoms with Crippen LogP contribution in [0, 0.1) is 0 Å². The molecule has 0 aliphatic carbocycles. The Hall–Kier alpha value is -1.56. The fraction of sp³-hybridized carbons (Fsp3) is 0.286. The second kappa shape index (κ2) is 7.45. The maximum Gasteiger partial charge on any atom is 0.306 e. The van der Waals surface area contributed by atoms with Crippen molar-refractivity contribution in [2.24, 2.45) is 0 Å². The molecule has 5 nitrogen and oxygen atoms in total. The van der Waals surface area contributed by atoms with Crippen molar-refractivity contribution in [3.05, 3.63) is 39.9 Å². The van der Waals surface area contributed by atoms with E-state index in [1.165, 1.54) is 19.1 Å². The van der Waals surface area contributed by atoms with Crippen molar-refractivity contribution in [2.75, 3.05) is 6.54 Å². The quantitative estimate of drug-likeness (QED) is 0.698. The van der Waals surface area contributed by atoms with E-state index in [4.69, 9.17) is 28.3 Å². The molecule has 0 aliphatic heterocycles. The van der Waals surface area contributed by atoms with Crippen LogP contribution in [0.25, 0.3) is 6.08 Å². The summed E-state index contributed by atoms with van der Waals surface area (Å²) in [5, 5.41) is 21.6. The van der Waals surface area contributed by atoms with Gasteiger partial charge in [-0.1, -0.05) is 29.3 Å². The highest BCUT2D eigenvalue weighted by Gasteiger charge is 2.24. The number of halogens is 2. The summed E-state index contributed by atoms with van der Waals surface area (Å²) in [7, 11) is 0. The number of carbonyl (C=O) groups excluding carboxylic acids is 1. The average Bonchev–Trinajstić information content (AvgIpc) is 2.36. The number of carboxylic acids is 1. The second-order valence-corrected chi connectivity index (χ2v) is 5.61. The second-order valence-electron chi connectivity index (χ2n) is 4.79. The molecule has 0 saturated heterocycles. The SMILES string of the molecule is CC(O)(CNC(=O)C=Cc1ccc(Cl)c(Cl)c1)CC(=O)O. The van der Waals surface area contributed by atoms with Crippen LogP contribution in [0.1, 0.15) is 18.9 Å². The highest BCUT2D eigenvalue weighted by atomic mass is 35.5. The van der Waals surface area contributed by atoms with Crippen molar-refractivity contribution >= 4 is 41.2 Å². The van der Waals surface area contributed by atoms with Gasteiger partial charge < -0.3 is 15.5 Å². The van der Waals surface area contributed by atoms with E-state index < -0.39 is 23.9 Å². The lowest BCUT2D eigenvalue weighted by Gasteiger charge is -2.20. The number of amides is 1. The van der Waals surface area contributed by atoms with Crippen LogP contribution in [0.4, 0.5) is 0 Å². The lowest BCUT2D eigenvalue weighted by Crippen LogP contribution is -2.41. The van der Waals surface area contributed by atoms with E-state index in [9.17, 15) is 14.7 Å². The Labute approximate surface area is 132 Å². The number of benzene rings is 1. The van der Waals surface area contributed by atoms with Crippen molar-refractivity contribution in [2.45, 2.75) is 18.9 Å². The van der Waals surface area contributed by atoms with Gasteiger partial charge in [-0.2, -0.15) is 0 Å². The summed E-state index contributed by atoms with van der Waals surface area (Å²) in [5.41, 5.74) is -0.810. The number of carbonyl (C=O) groups is 2. The smallest absolute Gasteiger partial charge is 0.306 e. The first-order chi connectivity index (χ1) is 9.69. The van der Waals surface area contributed by atoms with E-state index in [0.29, 0.717) is 15.6 Å². The van der Waals surface area contributed by atoms with E-state index in [2.05, 4.69) is 5.32 Å². The number of hydrogen-bond acceptors (Lipinski definition) is 3. The molecule has 7 heteroatoms. The largest absolute Gasteiger partial charge is 0.481 e. The molecular formula is C14H15Cl2NO4. The summed E-state index contributed by atoms with van der Waals surface area (Å²) >= 11 is 11.6. The molecule has 3 N–H and O–H groups in total. The normalized spacial score (nSPS) is 13.9. The Bertz CT molecular complexity index is 570. The molecule has 0 heterocycles. The zero-order chi connectivity index (χ0) is 16.0. The van der Waals surface area contributed by atoms with Gasteiger partial charge in [0.1, 0.15) is 0 Å². The first-order valence-corrected chi connectivity index (χ1v) is 6.80. The summed E-state index contributed by atoms with van der Waals surface area (Å²) in [6, 6.07) is 4.91. The highest BCUT2D eigenvalue weighted by Crippen LogP contribution is 2.23. The molecule has 0 aliphatic rings. The summed E-state index contributed by atoms with van der Waals surface area (Å²) in [6.45, 7) is 1.17. The van der Waals surface area contributed by atoms with Gasteiger partial charge in [0, 0.05) is 12.6 Å². The number of nitrogens with one attached hydrogen (secondary N) is 1. The van der Waals surface area contributed by atoms with Gasteiger partial charge in [0.25, 0.3) is 0 Å². The molecule has 1 amide bonds. The maximum absolute atomic E-state index is 11.6. The molecule has 1 aromatic carbocycles. The first kappa shape index (κ1) is 17.5. The summed E-state index contributed by atoms with van der Waals surface area (Å²) < 4.78 is 0. The minimum atomic E-state index is -1.50. The number of aliphatic carboxylic acids is 1. The van der Waals surface area contributed by atoms with Crippen LogP contribution in [0.2, 0.25) is 10.0 Å². The molecule has 1 rings (SSSR count). The third-order valence-corrected chi connectivity index (χ3v) is 3.29. The molecule has 114 valence electrons. The van der Waals surface area contributed by atoms with Gasteiger partial charge >= 0.3 is 5.97 Å². The molecule has 0 bridgehead atoms. The van der Waals surface area contributed by atoms with Gasteiger partial charge in [-0.05, 0) is 30.7 Å². The van der Waals surface area contributed by atoms with Gasteiger partial charge in [-0.15, -0.1) is 0 Å². The fourth-order valence-corrected chi connectivity index (χ4v) is 1.82. The number of rotatable bonds is 6. The molecular weight excluding hydrogens is 317 g/mol. The molecule has 0 radical (unpaired) electrons. The lowest BCUT2D eigenvalue weighted by molar-refractivity contribution is -0.142. The standard InChI is InChI=1S/C14H15Cl2NO4/c1-14(21,7-13(19)20)8-17-12(18)5-3-9-2-4-10(15)11(16)6-9/h2-6,21H,7-8H2,1H3,(H,17,18)(H,19,20). The van der Waals surface area contributed by atoms with Crippen LogP contribution in [0.15, 0.2) is 24.3 Å². The van der Waals surface area contributed by atoms with E-state index in [-0.39, 0.29) is 6.54 Å². The Balaban J connectivity index is 2.55. The predicted octanol–water partition coefficient (Wildman–Crippen LogP) is 2.35. The van der Waals surface area contributed by atoms with Crippen LogP contribution < -0.4 is 5.32 Å². The van der Waals surface area contributed by atoms with Crippen molar-refractivity contribution in [1.82, 2.24) is 5.32 Å². The molecule has 21 heavy (non-hydrogen) atoms. The summed E-state index contributed by atoms with van der Waals surface area (Å²) in [5.74, 6) is -1.59. The average molecular weight is 332 g/mol. The number of hydrogen-bond donors (Lipinski definition) is 3. The lowest BCUT2D eigenvalue weighted by atomic mass is 10.0. The van der Waals surface area contributed by atoms with E-state index >= 15 is 0 Å². The van der Waals surface area contributed by atoms with Crippen LogP contribution >= 0.6 is 23.2 Å². The molecule has 1 atom stereocenters. The molecule has 0 fully saturated rings. The topological polar surface area (TPSA) is 86.6 Å². The van der Waals surface area contributed by atoms with Gasteiger partial charge in [0.05, 0.1) is 22.1 Å². The first-order valence-electron chi connectivity index (χ1n) is 6.05. The molecule has 1 unspecified atom stereocenters. The van der Waals surface area contributed by atoms with E-state index in [1.807, 2.05) is 0 Å². The monoisotopic (exact) mass is 331 g/mol. The minimum Gasteiger partial charge on any atom is -0.481 e. The molecule has 0 saturated carbocycles. The van der Waals surface area contributed by atoms with Crippen molar-refractivity contribution < 1.29 is 19.8 Å². The van der Waals surface area contributed by atoms with Crippen molar-refractivity contribution in [3.63, 3.8) is 0 Å². The Morgan fingerprint density at radius 2 is 2.00 bits per heavy atom. The van der Waals surface area contributed by atoms with Crippen LogP contribution in [-0.4, -0.2) is 34.2 Å². The van der Waals surface area contributed by atoms with Gasteiger partial charge in [0.2, 0.25) is 5.91 Å². The summed E-state index contributed by atoms with van der Waals surface area (Å²) in [6.07, 6.45) is 2.34. The zero-order valence-corrected chi connectivity index (χ0v) is 12.8. The van der Waals surface area contributed by atoms with Gasteiger partial charge in [-0.25, -0.2) is 0 Å². The minimum absolute atomic E-state index is 0.163. The van der Waals surface area contributed by atoms with Gasteiger partial charge in [0.15, 0.2) is 0 Å². The molecule has 1 aromatic rings. The van der Waals surface area contributed by atoms with Crippen molar-refractivity contribution in [1.29, 1.82) is 0 Å². The highest BCUT2D eigenvalue weighted by molar-refractivity contribution is 6.42. The molecule has 0 spiro atoms. The van der Waals surface area contributed by atoms with Crippen LogP contribution in [0.5, 0.6) is 0 Å². The Morgan fingerprint density at radius 1 is 1.33 bits per heavy atom. The van der Waals surface area contributed by atoms with Crippen LogP contribution in [-0.2, 0) is 9.59 Å². The number of aliphatic hydroxyl groups is 1. The third kappa shape index (κ3) is 6.62.